The molecule has 0 unspecified atom stereocenters. The van der Waals surface area contributed by atoms with E-state index >= 15 is 0 Å². The van der Waals surface area contributed by atoms with E-state index in [-0.39, 0.29) is 21.9 Å². The van der Waals surface area contributed by atoms with Gasteiger partial charge in [-0.1, -0.05) is 29.8 Å². The molecule has 3 N–H and O–H groups in total. The maximum atomic E-state index is 11.1. The highest BCUT2D eigenvalue weighted by Gasteiger charge is 2.19. The molecule has 1 aromatic carbocycles. The highest BCUT2D eigenvalue weighted by Crippen LogP contribution is 2.28. The van der Waals surface area contributed by atoms with Crippen LogP contribution < -0.4 is 5.32 Å². The second-order valence-corrected chi connectivity index (χ2v) is 4.51. The van der Waals surface area contributed by atoms with Crippen molar-refractivity contribution in [3.05, 3.63) is 52.7 Å². The van der Waals surface area contributed by atoms with Crippen molar-refractivity contribution in [3.63, 3.8) is 0 Å². The van der Waals surface area contributed by atoms with Gasteiger partial charge >= 0.3 is 5.97 Å². The van der Waals surface area contributed by atoms with Crippen molar-refractivity contribution in [1.82, 2.24) is 4.98 Å². The molecule has 102 valence electrons. The Morgan fingerprint density at radius 3 is 2.55 bits per heavy atom. The number of carbonyl (C=O) groups is 1. The normalized spacial score (nSPS) is 10.1. The van der Waals surface area contributed by atoms with Gasteiger partial charge in [0.1, 0.15) is 5.82 Å². The molecule has 0 aliphatic carbocycles. The summed E-state index contributed by atoms with van der Waals surface area (Å²) in [6.45, 7) is 1.53. The number of rotatable bonds is 4. The second-order valence-electron chi connectivity index (χ2n) is 4.13. The lowest BCUT2D eigenvalue weighted by Crippen LogP contribution is -2.09. The average molecular weight is 290 g/mol. The van der Waals surface area contributed by atoms with Gasteiger partial charge in [-0.05, 0) is 19.1 Å². The minimum Gasteiger partial charge on any atom is -0.478 e. The Hall–Kier alpha value is -2.40. The van der Waals surface area contributed by atoms with Crippen LogP contribution in [0, 0.1) is 5.41 Å². The third-order valence-corrected chi connectivity index (χ3v) is 3.05. The Bertz CT molecular complexity index is 672. The summed E-state index contributed by atoms with van der Waals surface area (Å²) in [6, 6.07) is 9.26. The number of carboxylic acids is 1. The first-order valence-corrected chi connectivity index (χ1v) is 6.18. The van der Waals surface area contributed by atoms with E-state index in [4.69, 9.17) is 22.1 Å². The summed E-state index contributed by atoms with van der Waals surface area (Å²) >= 11 is 6.07. The second kappa shape index (κ2) is 5.71. The molecule has 5 nitrogen and oxygen atoms in total. The smallest absolute Gasteiger partial charge is 0.338 e. The van der Waals surface area contributed by atoms with Crippen molar-refractivity contribution in [3.8, 4) is 0 Å². The van der Waals surface area contributed by atoms with Crippen LogP contribution in [0.25, 0.3) is 0 Å². The van der Waals surface area contributed by atoms with Gasteiger partial charge in [0.2, 0.25) is 0 Å². The van der Waals surface area contributed by atoms with Crippen molar-refractivity contribution in [2.24, 2.45) is 0 Å². The number of benzene rings is 1. The number of hydrogen-bond acceptors (Lipinski definition) is 4. The van der Waals surface area contributed by atoms with Gasteiger partial charge in [-0.25, -0.2) is 9.78 Å². The first kappa shape index (κ1) is 14.0. The van der Waals surface area contributed by atoms with Crippen LogP contribution in [0.15, 0.2) is 36.5 Å². The molecule has 0 aliphatic rings. The van der Waals surface area contributed by atoms with Crippen LogP contribution >= 0.6 is 11.6 Å². The monoisotopic (exact) mass is 289 g/mol. The molecule has 6 heteroatoms. The quantitative estimate of drug-likeness (QED) is 0.751. The van der Waals surface area contributed by atoms with Gasteiger partial charge in [0.15, 0.2) is 0 Å². The lowest BCUT2D eigenvalue weighted by molar-refractivity contribution is 0.0696. The molecule has 1 heterocycles. The maximum absolute atomic E-state index is 11.1. The number of nitrogens with one attached hydrogen (secondary N) is 2. The summed E-state index contributed by atoms with van der Waals surface area (Å²) in [7, 11) is 0. The average Bonchev–Trinajstić information content (AvgIpc) is 2.39. The molecule has 0 aliphatic heterocycles. The minimum absolute atomic E-state index is 0.0124. The number of aromatic nitrogens is 1. The standard InChI is InChI=1S/C14H12ClN3O2/c1-8(16)11-12(15)10(14(19)20)7-17-13(11)18-9-5-3-2-4-6-9/h2-7,16H,1H3,(H,17,18)(H,19,20). The highest BCUT2D eigenvalue weighted by molar-refractivity contribution is 6.37. The molecule has 0 atom stereocenters. The number of hydrogen-bond donors (Lipinski definition) is 3. The number of carboxylic acid groups (broad SMARTS) is 1. The molecule has 2 rings (SSSR count). The summed E-state index contributed by atoms with van der Waals surface area (Å²) in [5.41, 5.74) is 1.09. The van der Waals surface area contributed by atoms with E-state index in [9.17, 15) is 4.79 Å². The number of nitrogens with zero attached hydrogens (tertiary/aromatic N) is 1. The van der Waals surface area contributed by atoms with Gasteiger partial charge in [0.05, 0.1) is 16.1 Å². The Labute approximate surface area is 120 Å². The van der Waals surface area contributed by atoms with E-state index in [1.54, 1.807) is 0 Å². The zero-order chi connectivity index (χ0) is 14.7. The van der Waals surface area contributed by atoms with E-state index < -0.39 is 5.97 Å². The van der Waals surface area contributed by atoms with Crippen LogP contribution in [0.1, 0.15) is 22.8 Å². The van der Waals surface area contributed by atoms with Crippen LogP contribution in [-0.4, -0.2) is 21.8 Å². The van der Waals surface area contributed by atoms with E-state index in [1.165, 1.54) is 13.1 Å². The van der Waals surface area contributed by atoms with Gasteiger partial charge in [0.25, 0.3) is 0 Å². The van der Waals surface area contributed by atoms with E-state index in [0.29, 0.717) is 5.82 Å². The Morgan fingerprint density at radius 1 is 1.35 bits per heavy atom. The molecule has 20 heavy (non-hydrogen) atoms. The van der Waals surface area contributed by atoms with Crippen molar-refractivity contribution in [2.45, 2.75) is 6.92 Å². The summed E-state index contributed by atoms with van der Waals surface area (Å²) < 4.78 is 0. The fourth-order valence-electron chi connectivity index (χ4n) is 1.73. The predicted molar refractivity (Wildman–Crippen MR) is 78.4 cm³/mol. The number of pyridine rings is 1. The third kappa shape index (κ3) is 2.78. The van der Waals surface area contributed by atoms with Crippen molar-refractivity contribution >= 4 is 34.8 Å². The summed E-state index contributed by atoms with van der Waals surface area (Å²) in [5.74, 6) is -0.810. The zero-order valence-corrected chi connectivity index (χ0v) is 11.4. The molecule has 2 aromatic rings. The molecule has 1 aromatic heterocycles. The number of para-hydroxylation sites is 1. The van der Waals surface area contributed by atoms with E-state index in [1.807, 2.05) is 30.3 Å². The Kier molecular flexibility index (Phi) is 4.00. The van der Waals surface area contributed by atoms with Gasteiger partial charge in [-0.15, -0.1) is 0 Å². The Balaban J connectivity index is 2.51. The molecule has 0 fully saturated rings. The predicted octanol–water partition coefficient (Wildman–Crippen LogP) is 3.56. The van der Waals surface area contributed by atoms with Gasteiger partial charge in [0, 0.05) is 17.6 Å². The van der Waals surface area contributed by atoms with Gasteiger partial charge < -0.3 is 15.8 Å². The molecule has 0 spiro atoms. The fraction of sp³-hybridized carbons (Fsp3) is 0.0714. The van der Waals surface area contributed by atoms with E-state index in [0.717, 1.165) is 5.69 Å². The molecule has 0 amide bonds. The van der Waals surface area contributed by atoms with Crippen LogP contribution in [0.3, 0.4) is 0 Å². The third-order valence-electron chi connectivity index (χ3n) is 2.66. The SMILES string of the molecule is CC(=N)c1c(Nc2ccccc2)ncc(C(=O)O)c1Cl. The highest BCUT2D eigenvalue weighted by atomic mass is 35.5. The van der Waals surface area contributed by atoms with Gasteiger partial charge in [-0.3, -0.25) is 0 Å². The molecule has 0 radical (unpaired) electrons. The number of halogens is 1. The minimum atomic E-state index is -1.17. The maximum Gasteiger partial charge on any atom is 0.338 e. The number of anilines is 2. The van der Waals surface area contributed by atoms with Crippen molar-refractivity contribution in [2.75, 3.05) is 5.32 Å². The van der Waals surface area contributed by atoms with Gasteiger partial charge in [-0.2, -0.15) is 0 Å². The lowest BCUT2D eigenvalue weighted by atomic mass is 10.1. The first-order valence-electron chi connectivity index (χ1n) is 5.80. The summed E-state index contributed by atoms with van der Waals surface area (Å²) in [5, 5.41) is 19.8. The largest absolute Gasteiger partial charge is 0.478 e. The van der Waals surface area contributed by atoms with Crippen LogP contribution in [0.2, 0.25) is 5.02 Å². The molecular formula is C14H12ClN3O2. The van der Waals surface area contributed by atoms with Crippen LogP contribution in [0.4, 0.5) is 11.5 Å². The van der Waals surface area contributed by atoms with Crippen LogP contribution in [-0.2, 0) is 0 Å². The number of aromatic carboxylic acids is 1. The van der Waals surface area contributed by atoms with Crippen molar-refractivity contribution < 1.29 is 9.90 Å². The molecule has 0 saturated carbocycles. The summed E-state index contributed by atoms with van der Waals surface area (Å²) in [6.07, 6.45) is 1.18. The molecule has 0 saturated heterocycles. The fourth-order valence-corrected chi connectivity index (χ4v) is 2.09. The van der Waals surface area contributed by atoms with Crippen molar-refractivity contribution in [1.29, 1.82) is 5.41 Å². The zero-order valence-electron chi connectivity index (χ0n) is 10.6. The van der Waals surface area contributed by atoms with E-state index in [2.05, 4.69) is 10.3 Å². The first-order chi connectivity index (χ1) is 9.50. The molecule has 0 bridgehead atoms. The molecular weight excluding hydrogens is 278 g/mol. The lowest BCUT2D eigenvalue weighted by Gasteiger charge is -2.13. The summed E-state index contributed by atoms with van der Waals surface area (Å²) in [4.78, 5) is 15.1. The topological polar surface area (TPSA) is 86.1 Å². The van der Waals surface area contributed by atoms with Crippen LogP contribution in [0.5, 0.6) is 0 Å². The Morgan fingerprint density at radius 2 is 2.00 bits per heavy atom.